The summed E-state index contributed by atoms with van der Waals surface area (Å²) in [7, 11) is 0. The van der Waals surface area contributed by atoms with Crippen LogP contribution in [0.3, 0.4) is 0 Å². The summed E-state index contributed by atoms with van der Waals surface area (Å²) in [6.45, 7) is 1.64. The van der Waals surface area contributed by atoms with Crippen molar-refractivity contribution in [1.29, 1.82) is 0 Å². The number of hydrogen-bond donors (Lipinski definition) is 2. The molecule has 0 aliphatic heterocycles. The Bertz CT molecular complexity index is 633. The molecule has 1 aromatic carbocycles. The number of carbonyl (C=O) groups excluding carboxylic acids is 1. The van der Waals surface area contributed by atoms with Gasteiger partial charge in [-0.1, -0.05) is 0 Å². The monoisotopic (exact) mass is 260 g/mol. The van der Waals surface area contributed by atoms with E-state index in [2.05, 4.69) is 20.5 Å². The molecule has 1 saturated carbocycles. The number of aromatic nitrogens is 3. The molecule has 6 heteroatoms. The quantitative estimate of drug-likeness (QED) is 0.890. The van der Waals surface area contributed by atoms with Gasteiger partial charge in [-0.05, 0) is 43.5 Å². The highest BCUT2D eigenvalue weighted by Gasteiger charge is 2.28. The van der Waals surface area contributed by atoms with Gasteiger partial charge < -0.3 is 5.32 Å². The predicted molar refractivity (Wildman–Crippen MR) is 67.4 cm³/mol. The Balaban J connectivity index is 1.74. The summed E-state index contributed by atoms with van der Waals surface area (Å²) < 4.78 is 13.1. The van der Waals surface area contributed by atoms with Gasteiger partial charge in [-0.25, -0.2) is 9.37 Å². The molecule has 0 spiro atoms. The summed E-state index contributed by atoms with van der Waals surface area (Å²) in [5.74, 6) is 0.604. The molecule has 1 fully saturated rings. The first-order chi connectivity index (χ1) is 9.13. The molecule has 19 heavy (non-hydrogen) atoms. The highest BCUT2D eigenvalue weighted by Crippen LogP contribution is 2.37. The first-order valence-electron chi connectivity index (χ1n) is 6.13. The lowest BCUT2D eigenvalue weighted by atomic mass is 10.2. The molecule has 0 atom stereocenters. The number of anilines is 1. The fourth-order valence-electron chi connectivity index (χ4n) is 1.82. The van der Waals surface area contributed by atoms with Crippen molar-refractivity contribution in [1.82, 2.24) is 15.2 Å². The molecule has 1 heterocycles. The van der Waals surface area contributed by atoms with Gasteiger partial charge in [-0.3, -0.25) is 9.89 Å². The van der Waals surface area contributed by atoms with Gasteiger partial charge >= 0.3 is 0 Å². The number of halogens is 1. The number of hydrogen-bond acceptors (Lipinski definition) is 3. The lowest BCUT2D eigenvalue weighted by Gasteiger charge is -2.04. The second-order valence-corrected chi connectivity index (χ2v) is 4.74. The summed E-state index contributed by atoms with van der Waals surface area (Å²) in [5, 5.41) is 9.31. The van der Waals surface area contributed by atoms with Crippen LogP contribution in [-0.4, -0.2) is 21.1 Å². The Labute approximate surface area is 109 Å². The van der Waals surface area contributed by atoms with Crippen molar-refractivity contribution in [2.75, 3.05) is 5.32 Å². The van der Waals surface area contributed by atoms with E-state index < -0.39 is 5.91 Å². The lowest BCUT2D eigenvalue weighted by Crippen LogP contribution is -2.14. The van der Waals surface area contributed by atoms with Gasteiger partial charge in [0.2, 0.25) is 5.82 Å². The largest absolute Gasteiger partial charge is 0.319 e. The van der Waals surface area contributed by atoms with Crippen LogP contribution in [0.15, 0.2) is 18.2 Å². The van der Waals surface area contributed by atoms with Crippen LogP contribution in [0.1, 0.15) is 40.8 Å². The van der Waals surface area contributed by atoms with Crippen LogP contribution in [0.4, 0.5) is 10.1 Å². The normalized spacial score (nSPS) is 14.4. The first-order valence-corrected chi connectivity index (χ1v) is 6.13. The number of carbonyl (C=O) groups is 1. The Morgan fingerprint density at radius 3 is 2.95 bits per heavy atom. The zero-order valence-electron chi connectivity index (χ0n) is 10.4. The number of rotatable bonds is 3. The van der Waals surface area contributed by atoms with Gasteiger partial charge in [0.05, 0.1) is 0 Å². The van der Waals surface area contributed by atoms with Crippen LogP contribution < -0.4 is 5.32 Å². The van der Waals surface area contributed by atoms with Gasteiger partial charge in [0.25, 0.3) is 5.91 Å². The standard InChI is InChI=1S/C13H13FN4O/c1-7-6-9(4-5-10(7)14)15-13(19)12-16-11(17-18-12)8-2-3-8/h4-6,8H,2-3H2,1H3,(H,15,19)(H,16,17,18). The van der Waals surface area contributed by atoms with E-state index in [-0.39, 0.29) is 11.6 Å². The molecule has 5 nitrogen and oxygen atoms in total. The van der Waals surface area contributed by atoms with E-state index in [1.807, 2.05) is 0 Å². The minimum absolute atomic E-state index is 0.115. The van der Waals surface area contributed by atoms with Crippen molar-refractivity contribution in [2.24, 2.45) is 0 Å². The highest BCUT2D eigenvalue weighted by atomic mass is 19.1. The molecule has 1 aliphatic carbocycles. The molecule has 1 aromatic heterocycles. The third-order valence-corrected chi connectivity index (χ3v) is 3.09. The van der Waals surface area contributed by atoms with Gasteiger partial charge in [0.1, 0.15) is 11.6 Å². The number of aromatic amines is 1. The minimum Gasteiger partial charge on any atom is -0.319 e. The number of amides is 1. The Hall–Kier alpha value is -2.24. The average Bonchev–Trinajstić information content (AvgIpc) is 3.11. The molecule has 2 aromatic rings. The van der Waals surface area contributed by atoms with Crippen LogP contribution >= 0.6 is 0 Å². The molecule has 1 amide bonds. The van der Waals surface area contributed by atoms with Crippen LogP contribution in [0, 0.1) is 12.7 Å². The third kappa shape index (κ3) is 2.47. The van der Waals surface area contributed by atoms with E-state index in [0.29, 0.717) is 17.2 Å². The van der Waals surface area contributed by atoms with E-state index >= 15 is 0 Å². The summed E-state index contributed by atoms with van der Waals surface area (Å²) in [5.41, 5.74) is 1.01. The van der Waals surface area contributed by atoms with Crippen LogP contribution in [-0.2, 0) is 0 Å². The van der Waals surface area contributed by atoms with Crippen molar-refractivity contribution in [3.63, 3.8) is 0 Å². The van der Waals surface area contributed by atoms with E-state index in [9.17, 15) is 9.18 Å². The topological polar surface area (TPSA) is 70.7 Å². The predicted octanol–water partition coefficient (Wildman–Crippen LogP) is 2.38. The summed E-state index contributed by atoms with van der Waals surface area (Å²) >= 11 is 0. The smallest absolute Gasteiger partial charge is 0.295 e. The molecule has 0 radical (unpaired) electrons. The highest BCUT2D eigenvalue weighted by molar-refractivity contribution is 6.01. The molecular formula is C13H13FN4O. The van der Waals surface area contributed by atoms with Crippen LogP contribution in [0.2, 0.25) is 0 Å². The van der Waals surface area contributed by atoms with Crippen LogP contribution in [0.5, 0.6) is 0 Å². The molecule has 0 bridgehead atoms. The number of H-pyrrole nitrogens is 1. The number of aryl methyl sites for hydroxylation is 1. The van der Waals surface area contributed by atoms with Gasteiger partial charge in [0.15, 0.2) is 0 Å². The molecule has 3 rings (SSSR count). The van der Waals surface area contributed by atoms with Crippen molar-refractivity contribution >= 4 is 11.6 Å². The minimum atomic E-state index is -0.394. The molecule has 98 valence electrons. The van der Waals surface area contributed by atoms with Crippen molar-refractivity contribution in [3.8, 4) is 0 Å². The molecular weight excluding hydrogens is 247 g/mol. The number of nitrogens with zero attached hydrogens (tertiary/aromatic N) is 2. The first kappa shape index (κ1) is 11.8. The SMILES string of the molecule is Cc1cc(NC(=O)c2n[nH]c(C3CC3)n2)ccc1F. The van der Waals surface area contributed by atoms with Gasteiger partial charge in [-0.2, -0.15) is 0 Å². The average molecular weight is 260 g/mol. The van der Waals surface area contributed by atoms with Crippen molar-refractivity contribution < 1.29 is 9.18 Å². The van der Waals surface area contributed by atoms with Crippen LogP contribution in [0.25, 0.3) is 0 Å². The fourth-order valence-corrected chi connectivity index (χ4v) is 1.82. The summed E-state index contributed by atoms with van der Waals surface area (Å²) in [6, 6.07) is 4.40. The Morgan fingerprint density at radius 2 is 2.26 bits per heavy atom. The molecule has 0 saturated heterocycles. The molecule has 1 aliphatic rings. The van der Waals surface area contributed by atoms with Crippen molar-refractivity contribution in [3.05, 3.63) is 41.2 Å². The summed E-state index contributed by atoms with van der Waals surface area (Å²) in [6.07, 6.45) is 2.18. The number of benzene rings is 1. The third-order valence-electron chi connectivity index (χ3n) is 3.09. The maximum atomic E-state index is 13.1. The zero-order valence-corrected chi connectivity index (χ0v) is 10.4. The molecule has 0 unspecified atom stereocenters. The maximum Gasteiger partial charge on any atom is 0.295 e. The Kier molecular flexibility index (Phi) is 2.77. The second kappa shape index (κ2) is 4.46. The number of nitrogens with one attached hydrogen (secondary N) is 2. The van der Waals surface area contributed by atoms with E-state index in [4.69, 9.17) is 0 Å². The second-order valence-electron chi connectivity index (χ2n) is 4.74. The lowest BCUT2D eigenvalue weighted by molar-refractivity contribution is 0.101. The van der Waals surface area contributed by atoms with Crippen molar-refractivity contribution in [2.45, 2.75) is 25.7 Å². The summed E-state index contributed by atoms with van der Waals surface area (Å²) in [4.78, 5) is 16.1. The fraction of sp³-hybridized carbons (Fsp3) is 0.308. The van der Waals surface area contributed by atoms with Gasteiger partial charge in [0, 0.05) is 11.6 Å². The van der Waals surface area contributed by atoms with E-state index in [1.165, 1.54) is 12.1 Å². The maximum absolute atomic E-state index is 13.1. The van der Waals surface area contributed by atoms with E-state index in [0.717, 1.165) is 18.7 Å². The van der Waals surface area contributed by atoms with Gasteiger partial charge in [-0.15, -0.1) is 5.10 Å². The molecule has 2 N–H and O–H groups in total. The Morgan fingerprint density at radius 1 is 1.47 bits per heavy atom. The zero-order chi connectivity index (χ0) is 13.4. The van der Waals surface area contributed by atoms with E-state index in [1.54, 1.807) is 13.0 Å².